The number of nitrogens with zero attached hydrogens (tertiary/aromatic N) is 9. The van der Waals surface area contributed by atoms with E-state index in [9.17, 15) is 31.6 Å². The maximum Gasteiger partial charge on any atom is 0.177 e. The summed E-state index contributed by atoms with van der Waals surface area (Å²) in [6, 6.07) is 12.9. The van der Waals surface area contributed by atoms with E-state index in [1.54, 1.807) is 71.7 Å². The third kappa shape index (κ3) is 4.08. The second kappa shape index (κ2) is 9.75. The van der Waals surface area contributed by atoms with Crippen LogP contribution in [0, 0.1) is 68.0 Å². The molecule has 6 aliphatic rings. The molecule has 1 aromatic rings. The van der Waals surface area contributed by atoms with Crippen LogP contribution in [0.1, 0.15) is 0 Å². The summed E-state index contributed by atoms with van der Waals surface area (Å²) in [5, 5.41) is 57.9. The number of nitriles is 6. The monoisotopic (exact) mass is 726 g/mol. The highest BCUT2D eigenvalue weighted by atomic mass is 32.4. The van der Waals surface area contributed by atoms with Crippen LogP contribution in [0.5, 0.6) is 0 Å². The quantitative estimate of drug-likeness (QED) is 0.185. The molecule has 186 valence electrons. The Morgan fingerprint density at radius 1 is 0.282 bits per heavy atom. The van der Waals surface area contributed by atoms with Crippen molar-refractivity contribution < 1.29 is 6.31 Å². The molecule has 0 atom stereocenters. The number of hydrogen-bond acceptors (Lipinski definition) is 18. The molecule has 3 spiro atoms. The Balaban J connectivity index is 1.33. The molecule has 0 radical (unpaired) electrons. The number of benzene rings is 1. The lowest BCUT2D eigenvalue weighted by atomic mass is 10.3. The van der Waals surface area contributed by atoms with Gasteiger partial charge in [0.15, 0.2) is 173 Å². The van der Waals surface area contributed by atoms with Crippen LogP contribution in [-0.2, 0) is 0 Å². The second-order valence-electron chi connectivity index (χ2n) is 7.06. The molecule has 0 saturated heterocycles. The van der Waals surface area contributed by atoms with Crippen LogP contribution in [0.25, 0.3) is 0 Å². The van der Waals surface area contributed by atoms with E-state index in [2.05, 4.69) is 36.4 Å². The number of fused-ring (bicyclic) bond motifs is 6. The lowest BCUT2D eigenvalue weighted by Gasteiger charge is -2.16. The Morgan fingerprint density at radius 3 is 0.564 bits per heavy atom. The molecule has 0 bridgehead atoms. The number of allylic oxidation sites excluding steroid dienone is 6. The largest absolute Gasteiger partial charge is 0.192 e. The van der Waals surface area contributed by atoms with Gasteiger partial charge < -0.3 is 0 Å². The van der Waals surface area contributed by atoms with Crippen LogP contribution in [-0.4, -0.2) is 6.31 Å². The third-order valence-corrected chi connectivity index (χ3v) is 23.2. The maximum atomic E-state index is 9.64. The highest BCUT2D eigenvalue weighted by Gasteiger charge is 2.65. The first kappa shape index (κ1) is 27.3. The van der Waals surface area contributed by atoms with Crippen LogP contribution < -0.4 is 0 Å². The third-order valence-electron chi connectivity index (χ3n) is 4.90. The Bertz CT molecular complexity index is 1460. The second-order valence-corrected chi connectivity index (χ2v) is 24.9. The molecule has 0 N–H and O–H groups in total. The van der Waals surface area contributed by atoms with Crippen LogP contribution in [0.15, 0.2) is 58.8 Å². The summed E-state index contributed by atoms with van der Waals surface area (Å²) in [6.07, 6.45) is 0. The minimum atomic E-state index is 0.261. The van der Waals surface area contributed by atoms with Gasteiger partial charge in [-0.25, -0.2) is 0 Å². The van der Waals surface area contributed by atoms with E-state index in [4.69, 9.17) is 0 Å². The van der Waals surface area contributed by atoms with Crippen LogP contribution in [0.4, 0.5) is 0 Å². The van der Waals surface area contributed by atoms with Crippen molar-refractivity contribution in [3.8, 4) is 36.4 Å². The molecule has 0 unspecified atom stereocenters. The zero-order chi connectivity index (χ0) is 27.2. The van der Waals surface area contributed by atoms with Crippen molar-refractivity contribution in [3.05, 3.63) is 29.4 Å². The standard InChI is InChI=1S/C18N9S12/c19-1-7-8(2-20)29-25(28-7)34-13-14(35-25)16-18(39-27(37-16)32-11(5-23)12(6-24)33-27)17-15(13)36-26(38-17)30-9(3-21)10(4-22)31-26/q+3. The summed E-state index contributed by atoms with van der Waals surface area (Å²) in [7, 11) is 0. The maximum absolute atomic E-state index is 9.64. The molecular weight excluding hydrogens is 727 g/mol. The van der Waals surface area contributed by atoms with Crippen molar-refractivity contribution in [1.29, 1.82) is 31.6 Å². The average Bonchev–Trinajstić information content (AvgIpc) is 3.77. The lowest BCUT2D eigenvalue weighted by Crippen LogP contribution is -2.07. The van der Waals surface area contributed by atoms with Crippen LogP contribution in [0.2, 0.25) is 0 Å². The van der Waals surface area contributed by atoms with Gasteiger partial charge in [-0.15, -0.1) is 0 Å². The molecule has 9 nitrogen and oxygen atoms in total. The molecule has 1 aromatic carbocycles. The fourth-order valence-electron chi connectivity index (χ4n) is 3.47. The van der Waals surface area contributed by atoms with Gasteiger partial charge in [-0.3, -0.25) is 0 Å². The van der Waals surface area contributed by atoms with Crippen molar-refractivity contribution in [2.45, 2.75) is 29.4 Å². The van der Waals surface area contributed by atoms with Crippen molar-refractivity contribution in [2.75, 3.05) is 0 Å². The first-order valence-electron chi connectivity index (χ1n) is 9.73. The highest BCUT2D eigenvalue weighted by molar-refractivity contribution is 8.36. The van der Waals surface area contributed by atoms with Gasteiger partial charge in [-0.2, -0.15) is 31.6 Å². The number of rotatable bonds is 0. The number of quaternary nitrogens is 3. The molecule has 0 saturated carbocycles. The van der Waals surface area contributed by atoms with Gasteiger partial charge in [0.1, 0.15) is 65.8 Å². The zero-order valence-corrected chi connectivity index (χ0v) is 27.7. The van der Waals surface area contributed by atoms with Gasteiger partial charge in [0, 0.05) is 0 Å². The predicted octanol–water partition coefficient (Wildman–Crippen LogP) is 8.93. The Labute approximate surface area is 273 Å². The van der Waals surface area contributed by atoms with Crippen molar-refractivity contribution in [3.63, 3.8) is 0 Å². The molecular formula is C18N9S12+3. The summed E-state index contributed by atoms with van der Waals surface area (Å²) in [5.74, 6) is 0. The normalized spacial score (nSPS) is 23.8. The Morgan fingerprint density at radius 2 is 0.436 bits per heavy atom. The molecule has 39 heavy (non-hydrogen) atoms. The molecule has 0 amide bonds. The summed E-state index contributed by atoms with van der Waals surface area (Å²) in [6.45, 7) is 0. The van der Waals surface area contributed by atoms with Crippen LogP contribution in [0.3, 0.4) is 0 Å². The van der Waals surface area contributed by atoms with E-state index >= 15 is 0 Å². The van der Waals surface area contributed by atoms with Gasteiger partial charge in [-0.1, -0.05) is 6.31 Å². The predicted molar refractivity (Wildman–Crippen MR) is 163 cm³/mol. The van der Waals surface area contributed by atoms with Gasteiger partial charge in [0.2, 0.25) is 0 Å². The van der Waals surface area contributed by atoms with Crippen LogP contribution >= 0.6 is 143 Å². The molecule has 7 rings (SSSR count). The molecule has 0 aromatic heterocycles. The van der Waals surface area contributed by atoms with E-state index < -0.39 is 0 Å². The minimum Gasteiger partial charge on any atom is -0.192 e. The van der Waals surface area contributed by atoms with Crippen molar-refractivity contribution >= 4 is 143 Å². The first-order valence-corrected chi connectivity index (χ1v) is 19.0. The zero-order valence-electron chi connectivity index (χ0n) is 17.9. The smallest absolute Gasteiger partial charge is 0.177 e. The summed E-state index contributed by atoms with van der Waals surface area (Å²) in [5.41, 5.74) is 0. The van der Waals surface area contributed by atoms with Gasteiger partial charge in [0.25, 0.3) is 0 Å². The van der Waals surface area contributed by atoms with Crippen molar-refractivity contribution in [1.82, 2.24) is 0 Å². The fourth-order valence-corrected chi connectivity index (χ4v) is 22.5. The highest BCUT2D eigenvalue weighted by Crippen LogP contribution is 2.82. The van der Waals surface area contributed by atoms with E-state index in [0.717, 1.165) is 29.4 Å². The first-order chi connectivity index (χ1) is 18.8. The lowest BCUT2D eigenvalue weighted by molar-refractivity contribution is -0.267. The minimum absolute atomic E-state index is 0.261. The summed E-state index contributed by atoms with van der Waals surface area (Å²) in [4.78, 5) is 8.49. The van der Waals surface area contributed by atoms with E-state index in [1.165, 1.54) is 71.7 Å². The van der Waals surface area contributed by atoms with Gasteiger partial charge >= 0.3 is 0 Å². The average molecular weight is 727 g/mol. The fraction of sp³-hybridized carbons (Fsp3) is 0. The summed E-state index contributed by atoms with van der Waals surface area (Å²) >= 11 is 17.4. The molecule has 0 aliphatic carbocycles. The van der Waals surface area contributed by atoms with Crippen molar-refractivity contribution in [2.24, 2.45) is 0 Å². The Kier molecular flexibility index (Phi) is 6.83. The summed E-state index contributed by atoms with van der Waals surface area (Å²) < 4.78 is 0.784. The van der Waals surface area contributed by atoms with E-state index in [0.29, 0.717) is 29.4 Å². The topological polar surface area (TPSA) is 143 Å². The molecule has 6 aliphatic heterocycles. The van der Waals surface area contributed by atoms with E-state index in [-0.39, 0.29) is 6.31 Å². The van der Waals surface area contributed by atoms with Gasteiger partial charge in [-0.05, 0) is 0 Å². The SMILES string of the molecule is N#CC1=C(C#N)S[N+]2(S1)Sc1c3c(c4c(c1S2)S[N+]1(SC(C#N)=C(C#N)S1)S4)S[N+]1(SC(C#N)=C(C#N)S1)S3. The van der Waals surface area contributed by atoms with E-state index in [1.807, 2.05) is 0 Å². The molecule has 0 fully saturated rings. The molecule has 6 heterocycles. The number of hydrogen-bond donors (Lipinski definition) is 0. The molecule has 21 heteroatoms. The Hall–Kier alpha value is -0.540. The van der Waals surface area contributed by atoms with Gasteiger partial charge in [0.05, 0.1) is 0 Å².